The van der Waals surface area contributed by atoms with Crippen LogP contribution in [0.15, 0.2) is 28.7 Å². The van der Waals surface area contributed by atoms with E-state index in [1.165, 1.54) is 19.3 Å². The van der Waals surface area contributed by atoms with E-state index in [1.54, 1.807) is 12.1 Å². The molecule has 0 saturated heterocycles. The summed E-state index contributed by atoms with van der Waals surface area (Å²) in [5.74, 6) is 2.13. The number of benzene rings is 1. The molecule has 1 aromatic carbocycles. The van der Waals surface area contributed by atoms with Gasteiger partial charge in [0.25, 0.3) is 5.91 Å². The van der Waals surface area contributed by atoms with Crippen LogP contribution in [-0.4, -0.2) is 23.9 Å². The van der Waals surface area contributed by atoms with Crippen molar-refractivity contribution in [1.29, 1.82) is 0 Å². The first-order valence-corrected chi connectivity index (χ1v) is 9.65. The molecule has 0 spiro atoms. The Kier molecular flexibility index (Phi) is 4.15. The van der Waals surface area contributed by atoms with Crippen LogP contribution in [0.3, 0.4) is 0 Å². The quantitative estimate of drug-likeness (QED) is 0.828. The molecule has 4 aliphatic rings. The van der Waals surface area contributed by atoms with Crippen LogP contribution in [0.25, 0.3) is 0 Å². The molecule has 4 bridgehead atoms. The summed E-state index contributed by atoms with van der Waals surface area (Å²) in [5.41, 5.74) is 0.568. The maximum absolute atomic E-state index is 12.4. The zero-order valence-corrected chi connectivity index (χ0v) is 15.3. The molecule has 0 atom stereocenters. The minimum atomic E-state index is -0.211. The smallest absolute Gasteiger partial charge is 0.251 e. The van der Waals surface area contributed by atoms with Gasteiger partial charge in [0.15, 0.2) is 0 Å². The van der Waals surface area contributed by atoms with Crippen molar-refractivity contribution in [2.75, 3.05) is 6.54 Å². The zero-order chi connectivity index (χ0) is 16.7. The molecule has 4 saturated carbocycles. The SMILES string of the molecule is O=C(CNC(=O)c1cccc(Br)c1)NC12CC3CC(CC(C3)C1)C2. The van der Waals surface area contributed by atoms with E-state index in [4.69, 9.17) is 0 Å². The number of hydrogen-bond donors (Lipinski definition) is 2. The summed E-state index contributed by atoms with van der Waals surface area (Å²) < 4.78 is 0.855. The van der Waals surface area contributed by atoms with Crippen molar-refractivity contribution >= 4 is 27.7 Å². The lowest BCUT2D eigenvalue weighted by Crippen LogP contribution is -2.61. The fraction of sp³-hybridized carbons (Fsp3) is 0.579. The van der Waals surface area contributed by atoms with Gasteiger partial charge in [-0.2, -0.15) is 0 Å². The van der Waals surface area contributed by atoms with Gasteiger partial charge < -0.3 is 10.6 Å². The van der Waals surface area contributed by atoms with E-state index < -0.39 is 0 Å². The van der Waals surface area contributed by atoms with Crippen LogP contribution in [-0.2, 0) is 4.79 Å². The number of carbonyl (C=O) groups is 2. The molecule has 128 valence electrons. The number of amides is 2. The highest BCUT2D eigenvalue weighted by Gasteiger charge is 2.51. The van der Waals surface area contributed by atoms with E-state index in [1.807, 2.05) is 12.1 Å². The molecule has 4 aliphatic carbocycles. The summed E-state index contributed by atoms with van der Waals surface area (Å²) in [5, 5.41) is 6.02. The van der Waals surface area contributed by atoms with Crippen molar-refractivity contribution in [3.8, 4) is 0 Å². The van der Waals surface area contributed by atoms with Crippen molar-refractivity contribution in [3.05, 3.63) is 34.3 Å². The zero-order valence-electron chi connectivity index (χ0n) is 13.7. The van der Waals surface area contributed by atoms with E-state index >= 15 is 0 Å². The second-order valence-corrected chi connectivity index (χ2v) is 8.85. The van der Waals surface area contributed by atoms with Gasteiger partial charge >= 0.3 is 0 Å². The van der Waals surface area contributed by atoms with E-state index in [2.05, 4.69) is 26.6 Å². The van der Waals surface area contributed by atoms with Crippen LogP contribution in [0.1, 0.15) is 48.9 Å². The Balaban J connectivity index is 1.33. The lowest BCUT2D eigenvalue weighted by atomic mass is 9.53. The number of halogens is 1. The number of carbonyl (C=O) groups excluding carboxylic acids is 2. The summed E-state index contributed by atoms with van der Waals surface area (Å²) >= 11 is 3.36. The average molecular weight is 391 g/mol. The van der Waals surface area contributed by atoms with Crippen molar-refractivity contribution in [2.45, 2.75) is 44.1 Å². The van der Waals surface area contributed by atoms with Crippen molar-refractivity contribution in [2.24, 2.45) is 17.8 Å². The molecule has 0 heterocycles. The molecule has 0 unspecified atom stereocenters. The molecule has 24 heavy (non-hydrogen) atoms. The van der Waals surface area contributed by atoms with Gasteiger partial charge in [0, 0.05) is 15.6 Å². The Morgan fingerprint density at radius 2 is 1.71 bits per heavy atom. The molecule has 2 amide bonds. The predicted molar refractivity (Wildman–Crippen MR) is 95.5 cm³/mol. The van der Waals surface area contributed by atoms with Crippen LogP contribution in [0.4, 0.5) is 0 Å². The molecule has 2 N–H and O–H groups in total. The van der Waals surface area contributed by atoms with Crippen LogP contribution >= 0.6 is 15.9 Å². The Morgan fingerprint density at radius 3 is 2.29 bits per heavy atom. The molecule has 5 heteroatoms. The van der Waals surface area contributed by atoms with E-state index in [0.29, 0.717) is 5.56 Å². The van der Waals surface area contributed by atoms with Gasteiger partial charge in [0.1, 0.15) is 0 Å². The lowest BCUT2D eigenvalue weighted by molar-refractivity contribution is -0.125. The maximum atomic E-state index is 12.4. The van der Waals surface area contributed by atoms with E-state index in [9.17, 15) is 9.59 Å². The van der Waals surface area contributed by atoms with Gasteiger partial charge in [0.2, 0.25) is 5.91 Å². The third kappa shape index (κ3) is 3.23. The minimum Gasteiger partial charge on any atom is -0.349 e. The van der Waals surface area contributed by atoms with Crippen LogP contribution in [0, 0.1) is 17.8 Å². The second-order valence-electron chi connectivity index (χ2n) is 7.94. The molecule has 1 aromatic rings. The molecule has 4 fully saturated rings. The first-order chi connectivity index (χ1) is 11.5. The first-order valence-electron chi connectivity index (χ1n) is 8.86. The van der Waals surface area contributed by atoms with Crippen molar-refractivity contribution in [1.82, 2.24) is 10.6 Å². The molecule has 0 aromatic heterocycles. The van der Waals surface area contributed by atoms with Gasteiger partial charge in [-0.3, -0.25) is 9.59 Å². The fourth-order valence-corrected chi connectivity index (χ4v) is 5.90. The van der Waals surface area contributed by atoms with E-state index in [0.717, 1.165) is 41.5 Å². The molecule has 0 aliphatic heterocycles. The highest BCUT2D eigenvalue weighted by atomic mass is 79.9. The number of hydrogen-bond acceptors (Lipinski definition) is 2. The van der Waals surface area contributed by atoms with Crippen molar-refractivity contribution in [3.63, 3.8) is 0 Å². The Morgan fingerprint density at radius 1 is 1.08 bits per heavy atom. The summed E-state index contributed by atoms with van der Waals surface area (Å²) in [4.78, 5) is 24.5. The molecule has 5 rings (SSSR count). The normalized spacial score (nSPS) is 33.3. The monoisotopic (exact) mass is 390 g/mol. The molecule has 4 nitrogen and oxygen atoms in total. The summed E-state index contributed by atoms with van der Waals surface area (Å²) in [6.45, 7) is 0.0487. The molecular formula is C19H23BrN2O2. The first kappa shape index (κ1) is 16.1. The minimum absolute atomic E-state index is 0.00629. The molecule has 0 radical (unpaired) electrons. The van der Waals surface area contributed by atoms with Crippen molar-refractivity contribution < 1.29 is 9.59 Å². The van der Waals surface area contributed by atoms with Crippen LogP contribution in [0.2, 0.25) is 0 Å². The van der Waals surface area contributed by atoms with Gasteiger partial charge in [-0.05, 0) is 74.5 Å². The predicted octanol–water partition coefficient (Wildman–Crippen LogP) is 3.26. The highest BCUT2D eigenvalue weighted by molar-refractivity contribution is 9.10. The summed E-state index contributed by atoms with van der Waals surface area (Å²) in [6.07, 6.45) is 7.46. The third-order valence-corrected chi connectivity index (χ3v) is 6.43. The Bertz CT molecular complexity index is 638. The fourth-order valence-electron chi connectivity index (χ4n) is 5.50. The number of nitrogens with one attached hydrogen (secondary N) is 2. The largest absolute Gasteiger partial charge is 0.349 e. The summed E-state index contributed by atoms with van der Waals surface area (Å²) in [6, 6.07) is 7.19. The second kappa shape index (κ2) is 6.17. The maximum Gasteiger partial charge on any atom is 0.251 e. The van der Waals surface area contributed by atoms with Gasteiger partial charge in [0.05, 0.1) is 6.54 Å². The van der Waals surface area contributed by atoms with Crippen LogP contribution in [0.5, 0.6) is 0 Å². The highest BCUT2D eigenvalue weighted by Crippen LogP contribution is 2.55. The standard InChI is InChI=1S/C19H23BrN2O2/c20-16-3-1-2-15(7-16)18(24)21-11-17(23)22-19-8-12-4-13(9-19)6-14(5-12)10-19/h1-3,7,12-14H,4-6,8-11H2,(H,21,24)(H,22,23). The Labute approximate surface area is 150 Å². The average Bonchev–Trinajstić information content (AvgIpc) is 2.50. The van der Waals surface area contributed by atoms with E-state index in [-0.39, 0.29) is 23.9 Å². The lowest BCUT2D eigenvalue weighted by Gasteiger charge is -2.56. The van der Waals surface area contributed by atoms with Gasteiger partial charge in [-0.1, -0.05) is 22.0 Å². The van der Waals surface area contributed by atoms with Gasteiger partial charge in [-0.15, -0.1) is 0 Å². The van der Waals surface area contributed by atoms with Gasteiger partial charge in [-0.25, -0.2) is 0 Å². The number of rotatable bonds is 4. The Hall–Kier alpha value is -1.36. The summed E-state index contributed by atoms with van der Waals surface area (Å²) in [7, 11) is 0. The van der Waals surface area contributed by atoms with Crippen LogP contribution < -0.4 is 10.6 Å². The topological polar surface area (TPSA) is 58.2 Å². The molecular weight excluding hydrogens is 368 g/mol. The third-order valence-electron chi connectivity index (χ3n) is 5.94.